The fourth-order valence-corrected chi connectivity index (χ4v) is 4.40. The van der Waals surface area contributed by atoms with E-state index in [1.165, 1.54) is 17.7 Å². The summed E-state index contributed by atoms with van der Waals surface area (Å²) in [6, 6.07) is 25.1. The molecule has 1 aliphatic rings. The Morgan fingerprint density at radius 2 is 1.76 bits per heavy atom. The first-order valence-corrected chi connectivity index (χ1v) is 11.4. The third-order valence-corrected chi connectivity index (χ3v) is 6.06. The second-order valence-electron chi connectivity index (χ2n) is 8.52. The topological polar surface area (TPSA) is 43.2 Å². The Balaban J connectivity index is 1.28. The zero-order chi connectivity index (χ0) is 22.5. The maximum Gasteiger partial charge on any atom is 0.129 e. The molecule has 0 N–H and O–H groups in total. The van der Waals surface area contributed by atoms with Crippen molar-refractivity contribution in [2.75, 3.05) is 13.1 Å². The summed E-state index contributed by atoms with van der Waals surface area (Å²) in [5.41, 5.74) is 3.79. The molecule has 1 atom stereocenters. The van der Waals surface area contributed by atoms with E-state index in [2.05, 4.69) is 45.5 Å². The maximum atomic E-state index is 13.5. The Morgan fingerprint density at radius 1 is 0.939 bits per heavy atom. The minimum atomic E-state index is -0.263. The number of aromatic nitrogens is 3. The van der Waals surface area contributed by atoms with Crippen LogP contribution in [0, 0.1) is 5.82 Å². The first-order chi connectivity index (χ1) is 16.2. The number of hydrogen-bond acceptors (Lipinski definition) is 4. The van der Waals surface area contributed by atoms with E-state index >= 15 is 0 Å². The number of likely N-dealkylation sites (tertiary alicyclic amines) is 1. The van der Waals surface area contributed by atoms with Crippen LogP contribution in [0.4, 0.5) is 4.39 Å². The first-order valence-electron chi connectivity index (χ1n) is 11.4. The predicted molar refractivity (Wildman–Crippen MR) is 126 cm³/mol. The van der Waals surface area contributed by atoms with Crippen LogP contribution in [0.15, 0.2) is 85.1 Å². The minimum Gasteiger partial charge on any atom is -0.488 e. The minimum absolute atomic E-state index is 0.263. The number of piperidine rings is 1. The number of nitrogens with zero attached hydrogens (tertiary/aromatic N) is 4. The molecule has 4 aromatic rings. The molecule has 1 saturated heterocycles. The second kappa shape index (κ2) is 9.96. The Labute approximate surface area is 193 Å². The van der Waals surface area contributed by atoms with E-state index in [-0.39, 0.29) is 5.82 Å². The van der Waals surface area contributed by atoms with Crippen LogP contribution in [0.5, 0.6) is 5.75 Å². The van der Waals surface area contributed by atoms with Crippen molar-refractivity contribution in [1.29, 1.82) is 0 Å². The average Bonchev–Trinajstić information content (AvgIpc) is 3.34. The fourth-order valence-electron chi connectivity index (χ4n) is 4.40. The maximum absolute atomic E-state index is 13.5. The van der Waals surface area contributed by atoms with Gasteiger partial charge >= 0.3 is 0 Å². The van der Waals surface area contributed by atoms with E-state index in [9.17, 15) is 4.39 Å². The lowest BCUT2D eigenvalue weighted by Gasteiger charge is -2.32. The lowest BCUT2D eigenvalue weighted by Crippen LogP contribution is -2.36. The Morgan fingerprint density at radius 3 is 2.64 bits per heavy atom. The van der Waals surface area contributed by atoms with Gasteiger partial charge in [-0.25, -0.2) is 9.07 Å². The molecule has 6 heteroatoms. The van der Waals surface area contributed by atoms with Crippen LogP contribution in [0.2, 0.25) is 0 Å². The van der Waals surface area contributed by atoms with Crippen LogP contribution in [-0.4, -0.2) is 33.0 Å². The molecule has 0 aliphatic carbocycles. The van der Waals surface area contributed by atoms with E-state index < -0.39 is 0 Å². The van der Waals surface area contributed by atoms with Gasteiger partial charge in [0.1, 0.15) is 23.9 Å². The molecule has 33 heavy (non-hydrogen) atoms. The van der Waals surface area contributed by atoms with Crippen molar-refractivity contribution < 1.29 is 9.13 Å². The quantitative estimate of drug-likeness (QED) is 0.379. The summed E-state index contributed by atoms with van der Waals surface area (Å²) in [7, 11) is 0. The smallest absolute Gasteiger partial charge is 0.129 e. The summed E-state index contributed by atoms with van der Waals surface area (Å²) in [5, 5.41) is 8.92. The molecule has 0 radical (unpaired) electrons. The number of benzene rings is 3. The van der Waals surface area contributed by atoms with Gasteiger partial charge in [-0.15, -0.1) is 5.10 Å². The highest BCUT2D eigenvalue weighted by molar-refractivity contribution is 5.66. The standard InChI is InChI=1S/C27H27FN4O/c28-23-11-6-10-22(16-23)20-33-27-14-5-4-13-25(27)26-19-32(30-29-26)24-12-7-15-31(18-24)17-21-8-2-1-3-9-21/h1-6,8-11,13-14,16,19,24H,7,12,15,17-18,20H2. The molecule has 168 valence electrons. The van der Waals surface area contributed by atoms with Crippen molar-refractivity contribution in [3.63, 3.8) is 0 Å². The predicted octanol–water partition coefficient (Wildman–Crippen LogP) is 5.50. The molecule has 3 aromatic carbocycles. The number of ether oxygens (including phenoxy) is 1. The van der Waals surface area contributed by atoms with Crippen molar-refractivity contribution in [2.45, 2.75) is 32.0 Å². The Hall–Kier alpha value is -3.51. The van der Waals surface area contributed by atoms with Gasteiger partial charge in [0.2, 0.25) is 0 Å². The van der Waals surface area contributed by atoms with E-state index in [1.807, 2.05) is 41.2 Å². The summed E-state index contributed by atoms with van der Waals surface area (Å²) >= 11 is 0. The monoisotopic (exact) mass is 442 g/mol. The highest BCUT2D eigenvalue weighted by atomic mass is 19.1. The van der Waals surface area contributed by atoms with Crippen LogP contribution < -0.4 is 4.74 Å². The van der Waals surface area contributed by atoms with Crippen molar-refractivity contribution in [3.8, 4) is 17.0 Å². The van der Waals surface area contributed by atoms with Crippen LogP contribution in [0.3, 0.4) is 0 Å². The summed E-state index contributed by atoms with van der Waals surface area (Å²) < 4.78 is 21.5. The first kappa shape index (κ1) is 21.3. The van der Waals surface area contributed by atoms with Crippen molar-refractivity contribution in [1.82, 2.24) is 19.9 Å². The van der Waals surface area contributed by atoms with Gasteiger partial charge in [0.15, 0.2) is 0 Å². The van der Waals surface area contributed by atoms with Crippen LogP contribution in [0.1, 0.15) is 30.0 Å². The van der Waals surface area contributed by atoms with Crippen LogP contribution >= 0.6 is 0 Å². The lowest BCUT2D eigenvalue weighted by molar-refractivity contribution is 0.162. The van der Waals surface area contributed by atoms with Gasteiger partial charge < -0.3 is 4.74 Å². The normalized spacial score (nSPS) is 16.6. The molecule has 0 saturated carbocycles. The second-order valence-corrected chi connectivity index (χ2v) is 8.52. The highest BCUT2D eigenvalue weighted by Crippen LogP contribution is 2.30. The van der Waals surface area contributed by atoms with Gasteiger partial charge in [-0.1, -0.05) is 59.8 Å². The van der Waals surface area contributed by atoms with Gasteiger partial charge in [0, 0.05) is 18.7 Å². The van der Waals surface area contributed by atoms with Gasteiger partial charge in [-0.05, 0) is 54.8 Å². The van der Waals surface area contributed by atoms with Gasteiger partial charge in [0.05, 0.1) is 12.2 Å². The summed E-state index contributed by atoms with van der Waals surface area (Å²) in [4.78, 5) is 2.49. The molecule has 1 fully saturated rings. The molecule has 0 bridgehead atoms. The molecule has 2 heterocycles. The van der Waals surface area contributed by atoms with Crippen molar-refractivity contribution >= 4 is 0 Å². The molecular formula is C27H27FN4O. The summed E-state index contributed by atoms with van der Waals surface area (Å²) in [5.74, 6) is 0.448. The van der Waals surface area contributed by atoms with Crippen molar-refractivity contribution in [3.05, 3.63) is 102 Å². The van der Waals surface area contributed by atoms with Crippen LogP contribution in [0.25, 0.3) is 11.3 Å². The Kier molecular flexibility index (Phi) is 6.44. The average molecular weight is 443 g/mol. The fraction of sp³-hybridized carbons (Fsp3) is 0.259. The van der Waals surface area contributed by atoms with Gasteiger partial charge in [0.25, 0.3) is 0 Å². The van der Waals surface area contributed by atoms with E-state index in [0.29, 0.717) is 18.4 Å². The number of halogens is 1. The van der Waals surface area contributed by atoms with Crippen LogP contribution in [-0.2, 0) is 13.2 Å². The van der Waals surface area contributed by atoms with Gasteiger partial charge in [-0.3, -0.25) is 4.90 Å². The summed E-state index contributed by atoms with van der Waals surface area (Å²) in [6.07, 6.45) is 4.24. The largest absolute Gasteiger partial charge is 0.488 e. The zero-order valence-electron chi connectivity index (χ0n) is 18.5. The van der Waals surface area contributed by atoms with E-state index in [4.69, 9.17) is 4.74 Å². The zero-order valence-corrected chi connectivity index (χ0v) is 18.5. The summed E-state index contributed by atoms with van der Waals surface area (Å²) in [6.45, 7) is 3.30. The molecule has 1 aromatic heterocycles. The third-order valence-electron chi connectivity index (χ3n) is 6.06. The Bertz CT molecular complexity index is 1190. The van der Waals surface area contributed by atoms with E-state index in [1.54, 1.807) is 6.07 Å². The SMILES string of the molecule is Fc1cccc(COc2ccccc2-c2cn(C3CCCN(Cc4ccccc4)C3)nn2)c1. The number of rotatable bonds is 7. The third kappa shape index (κ3) is 5.29. The molecule has 5 nitrogen and oxygen atoms in total. The molecule has 5 rings (SSSR count). The van der Waals surface area contributed by atoms with Gasteiger partial charge in [-0.2, -0.15) is 0 Å². The lowest BCUT2D eigenvalue weighted by atomic mass is 10.0. The number of para-hydroxylation sites is 1. The molecule has 1 aliphatic heterocycles. The van der Waals surface area contributed by atoms with Crippen molar-refractivity contribution in [2.24, 2.45) is 0 Å². The van der Waals surface area contributed by atoms with E-state index in [0.717, 1.165) is 49.3 Å². The highest BCUT2D eigenvalue weighted by Gasteiger charge is 2.23. The molecule has 0 amide bonds. The molecule has 0 spiro atoms. The molecular weight excluding hydrogens is 415 g/mol. The molecule has 1 unspecified atom stereocenters. The number of hydrogen-bond donors (Lipinski definition) is 0.